The van der Waals surface area contributed by atoms with Crippen molar-refractivity contribution in [3.63, 3.8) is 0 Å². The summed E-state index contributed by atoms with van der Waals surface area (Å²) in [6.45, 7) is 4.06. The minimum atomic E-state index is -0.766. The van der Waals surface area contributed by atoms with Crippen LogP contribution in [0.5, 0.6) is 5.75 Å². The van der Waals surface area contributed by atoms with Gasteiger partial charge in [-0.3, -0.25) is 9.59 Å². The quantitative estimate of drug-likeness (QED) is 0.760. The summed E-state index contributed by atoms with van der Waals surface area (Å²) in [7, 11) is 0. The fraction of sp³-hybridized carbons (Fsp3) is 0.417. The molecule has 2 amide bonds. The third kappa shape index (κ3) is 2.83. The largest absolute Gasteiger partial charge is 0.467 e. The van der Waals surface area contributed by atoms with E-state index in [-0.39, 0.29) is 23.7 Å². The second kappa shape index (κ2) is 6.61. The number of piperidine rings is 1. The van der Waals surface area contributed by atoms with Gasteiger partial charge in [0.25, 0.3) is 0 Å². The number of amides is 2. The monoisotopic (exact) mass is 390 g/mol. The van der Waals surface area contributed by atoms with E-state index >= 15 is 0 Å². The average Bonchev–Trinajstić information content (AvgIpc) is 2.69. The molecule has 0 spiro atoms. The molecule has 2 fully saturated rings. The van der Waals surface area contributed by atoms with Crippen molar-refractivity contribution in [1.82, 2.24) is 5.32 Å². The molecule has 1 saturated carbocycles. The van der Waals surface area contributed by atoms with E-state index in [1.54, 1.807) is 0 Å². The number of hydrogen-bond acceptors (Lipinski definition) is 3. The van der Waals surface area contributed by atoms with Gasteiger partial charge in [-0.05, 0) is 61.6 Å². The molecule has 2 bridgehead atoms. The second-order valence-corrected chi connectivity index (χ2v) is 8.66. The molecule has 2 aliphatic heterocycles. The van der Waals surface area contributed by atoms with Crippen LogP contribution in [0.2, 0.25) is 0 Å². The number of nitrogens with one attached hydrogen (secondary N) is 2. The van der Waals surface area contributed by atoms with E-state index in [0.29, 0.717) is 0 Å². The van der Waals surface area contributed by atoms with Crippen LogP contribution in [0.25, 0.3) is 0 Å². The fourth-order valence-corrected chi connectivity index (χ4v) is 5.39. The maximum absolute atomic E-state index is 13.3. The maximum atomic E-state index is 13.3. The molecule has 4 atom stereocenters. The number of anilines is 1. The van der Waals surface area contributed by atoms with Crippen molar-refractivity contribution in [2.45, 2.75) is 51.2 Å². The minimum absolute atomic E-state index is 0.111. The van der Waals surface area contributed by atoms with Crippen molar-refractivity contribution < 1.29 is 14.3 Å². The minimum Gasteiger partial charge on any atom is -0.467 e. The van der Waals surface area contributed by atoms with Gasteiger partial charge in [0.15, 0.2) is 5.72 Å². The molecule has 5 nitrogen and oxygen atoms in total. The zero-order valence-corrected chi connectivity index (χ0v) is 16.8. The van der Waals surface area contributed by atoms with Crippen LogP contribution in [0.4, 0.5) is 5.69 Å². The van der Waals surface area contributed by atoms with Crippen LogP contribution in [-0.2, 0) is 9.59 Å². The summed E-state index contributed by atoms with van der Waals surface area (Å²) >= 11 is 0. The van der Waals surface area contributed by atoms with E-state index in [1.165, 1.54) is 5.56 Å². The van der Waals surface area contributed by atoms with Crippen LogP contribution in [0, 0.1) is 25.7 Å². The van der Waals surface area contributed by atoms with E-state index < -0.39 is 11.6 Å². The summed E-state index contributed by atoms with van der Waals surface area (Å²) in [4.78, 5) is 26.5. The number of benzene rings is 2. The van der Waals surface area contributed by atoms with E-state index in [4.69, 9.17) is 4.74 Å². The molecule has 4 unspecified atom stereocenters. The maximum Gasteiger partial charge on any atom is 0.237 e. The highest BCUT2D eigenvalue weighted by molar-refractivity contribution is 6.08. The van der Waals surface area contributed by atoms with E-state index in [1.807, 2.05) is 56.3 Å². The smallest absolute Gasteiger partial charge is 0.237 e. The molecule has 2 aromatic rings. The lowest BCUT2D eigenvalue weighted by Gasteiger charge is -2.55. The zero-order chi connectivity index (χ0) is 20.2. The first kappa shape index (κ1) is 18.2. The Morgan fingerprint density at radius 2 is 1.97 bits per heavy atom. The van der Waals surface area contributed by atoms with Crippen LogP contribution in [0.15, 0.2) is 42.5 Å². The lowest BCUT2D eigenvalue weighted by atomic mass is 9.62. The third-order valence-electron chi connectivity index (χ3n) is 6.95. The first-order valence-electron chi connectivity index (χ1n) is 10.5. The van der Waals surface area contributed by atoms with Crippen molar-refractivity contribution in [1.29, 1.82) is 0 Å². The highest BCUT2D eigenvalue weighted by atomic mass is 16.5. The molecule has 1 saturated heterocycles. The van der Waals surface area contributed by atoms with Gasteiger partial charge in [0.1, 0.15) is 11.7 Å². The van der Waals surface area contributed by atoms with Crippen LogP contribution < -0.4 is 15.4 Å². The second-order valence-electron chi connectivity index (χ2n) is 8.66. The number of ether oxygens (including phenoxy) is 1. The summed E-state index contributed by atoms with van der Waals surface area (Å²) < 4.78 is 6.38. The van der Waals surface area contributed by atoms with Gasteiger partial charge in [0.2, 0.25) is 11.8 Å². The van der Waals surface area contributed by atoms with Gasteiger partial charge in [-0.15, -0.1) is 0 Å². The number of aryl methyl sites for hydroxylation is 2. The summed E-state index contributed by atoms with van der Waals surface area (Å²) in [5.41, 5.74) is 3.31. The highest BCUT2D eigenvalue weighted by Crippen LogP contribution is 2.55. The van der Waals surface area contributed by atoms with Gasteiger partial charge in [0, 0.05) is 23.9 Å². The number of fused-ring (bicyclic) bond motifs is 2. The number of carbonyl (C=O) groups excluding carboxylic acids is 2. The van der Waals surface area contributed by atoms with Gasteiger partial charge in [-0.25, -0.2) is 0 Å². The topological polar surface area (TPSA) is 67.4 Å². The van der Waals surface area contributed by atoms with Crippen molar-refractivity contribution in [2.24, 2.45) is 11.8 Å². The molecule has 3 aliphatic rings. The molecule has 0 aromatic heterocycles. The summed E-state index contributed by atoms with van der Waals surface area (Å²) in [6.07, 6.45) is 3.85. The molecule has 2 heterocycles. The third-order valence-corrected chi connectivity index (χ3v) is 6.95. The average molecular weight is 390 g/mol. The molecule has 29 heavy (non-hydrogen) atoms. The van der Waals surface area contributed by atoms with Crippen molar-refractivity contribution in [2.75, 3.05) is 5.32 Å². The van der Waals surface area contributed by atoms with E-state index in [2.05, 4.69) is 10.6 Å². The number of para-hydroxylation sites is 1. The molecule has 2 N–H and O–H groups in total. The van der Waals surface area contributed by atoms with Gasteiger partial charge in [-0.2, -0.15) is 0 Å². The highest BCUT2D eigenvalue weighted by Gasteiger charge is 2.60. The fourth-order valence-electron chi connectivity index (χ4n) is 5.39. The first-order chi connectivity index (χ1) is 14.0. The van der Waals surface area contributed by atoms with Crippen LogP contribution in [0.1, 0.15) is 48.3 Å². The van der Waals surface area contributed by atoms with Crippen molar-refractivity contribution in [3.8, 4) is 5.75 Å². The molecule has 2 aromatic carbocycles. The Bertz CT molecular complexity index is 1000. The SMILES string of the molecule is Cc1ccc(NC(=O)C2C(=O)NC34CCCCC3C2c2ccccc2O4)cc1C. The lowest BCUT2D eigenvalue weighted by Crippen LogP contribution is -2.69. The Labute approximate surface area is 170 Å². The predicted octanol–water partition coefficient (Wildman–Crippen LogP) is 4.05. The summed E-state index contributed by atoms with van der Waals surface area (Å²) in [5, 5.41) is 6.12. The summed E-state index contributed by atoms with van der Waals surface area (Å²) in [6, 6.07) is 13.7. The van der Waals surface area contributed by atoms with Gasteiger partial charge in [-0.1, -0.05) is 30.7 Å². The lowest BCUT2D eigenvalue weighted by molar-refractivity contribution is -0.160. The molecule has 5 rings (SSSR count). The van der Waals surface area contributed by atoms with Gasteiger partial charge in [0.05, 0.1) is 0 Å². The Kier molecular flexibility index (Phi) is 4.16. The van der Waals surface area contributed by atoms with Crippen molar-refractivity contribution >= 4 is 17.5 Å². The first-order valence-corrected chi connectivity index (χ1v) is 10.5. The molecule has 1 aliphatic carbocycles. The molecular formula is C24H26N2O3. The number of carbonyl (C=O) groups is 2. The Hall–Kier alpha value is -2.82. The normalized spacial score (nSPS) is 29.7. The van der Waals surface area contributed by atoms with Gasteiger partial charge < -0.3 is 15.4 Å². The van der Waals surface area contributed by atoms with Crippen LogP contribution >= 0.6 is 0 Å². The van der Waals surface area contributed by atoms with E-state index in [0.717, 1.165) is 48.2 Å². The van der Waals surface area contributed by atoms with Gasteiger partial charge >= 0.3 is 0 Å². The molecular weight excluding hydrogens is 364 g/mol. The Morgan fingerprint density at radius 3 is 2.79 bits per heavy atom. The Balaban J connectivity index is 1.54. The van der Waals surface area contributed by atoms with E-state index in [9.17, 15) is 9.59 Å². The predicted molar refractivity (Wildman–Crippen MR) is 111 cm³/mol. The van der Waals surface area contributed by atoms with Crippen molar-refractivity contribution in [3.05, 3.63) is 59.2 Å². The summed E-state index contributed by atoms with van der Waals surface area (Å²) in [5.74, 6) is -0.506. The zero-order valence-electron chi connectivity index (χ0n) is 16.8. The standard InChI is InChI=1S/C24H26N2O3/c1-14-10-11-16(13-15(14)2)25-22(27)21-20-17-7-3-4-9-19(17)29-24(26-23(21)28)12-6-5-8-18(20)24/h3-4,7,9-11,13,18,20-21H,5-6,8,12H2,1-2H3,(H,25,27)(H,26,28). The molecule has 0 radical (unpaired) electrons. The molecule has 150 valence electrons. The van der Waals surface area contributed by atoms with Crippen LogP contribution in [-0.4, -0.2) is 17.5 Å². The molecule has 5 heteroatoms. The number of hydrogen-bond donors (Lipinski definition) is 2. The Morgan fingerprint density at radius 1 is 1.14 bits per heavy atom. The number of rotatable bonds is 2. The van der Waals surface area contributed by atoms with Crippen LogP contribution in [0.3, 0.4) is 0 Å².